The molecule has 0 atom stereocenters. The molecule has 0 radical (unpaired) electrons. The quantitative estimate of drug-likeness (QED) is 0.421. The Balaban J connectivity index is 2.13. The highest BCUT2D eigenvalue weighted by atomic mass is 35.5. The second-order valence-electron chi connectivity index (χ2n) is 6.63. The minimum absolute atomic E-state index is 0.0125. The van der Waals surface area contributed by atoms with E-state index in [2.05, 4.69) is 24.6 Å². The Kier molecular flexibility index (Phi) is 5.42. The summed E-state index contributed by atoms with van der Waals surface area (Å²) in [6.07, 6.45) is 3.89. The van der Waals surface area contributed by atoms with Crippen LogP contribution in [0, 0.1) is 0 Å². The van der Waals surface area contributed by atoms with E-state index in [1.54, 1.807) is 6.20 Å². The lowest BCUT2D eigenvalue weighted by Gasteiger charge is -2.15. The molecule has 0 fully saturated rings. The number of rotatable bonds is 7. The van der Waals surface area contributed by atoms with E-state index in [-0.39, 0.29) is 5.78 Å². The van der Waals surface area contributed by atoms with Gasteiger partial charge in [0.25, 0.3) is 0 Å². The highest BCUT2D eigenvalue weighted by Crippen LogP contribution is 2.27. The molecular formula is C16H23ClN2O2Si. The molecule has 0 spiro atoms. The summed E-state index contributed by atoms with van der Waals surface area (Å²) in [6.45, 7) is 10.0. The third kappa shape index (κ3) is 3.97. The first kappa shape index (κ1) is 17.2. The maximum absolute atomic E-state index is 11.8. The monoisotopic (exact) mass is 338 g/mol. The lowest BCUT2D eigenvalue weighted by Crippen LogP contribution is -2.22. The molecule has 0 N–H and O–H groups in total. The van der Waals surface area contributed by atoms with Crippen LogP contribution in [0.1, 0.15) is 23.7 Å². The normalized spacial score (nSPS) is 12.0. The van der Waals surface area contributed by atoms with Gasteiger partial charge in [-0.25, -0.2) is 4.98 Å². The number of carbonyl (C=O) groups is 1. The molecule has 0 bridgehead atoms. The van der Waals surface area contributed by atoms with Crippen LogP contribution in [0.15, 0.2) is 18.5 Å². The minimum atomic E-state index is -1.07. The smallest absolute Gasteiger partial charge is 0.165 e. The molecule has 6 heteroatoms. The van der Waals surface area contributed by atoms with Crippen LogP contribution in [0.5, 0.6) is 0 Å². The Hall–Kier alpha value is -1.17. The molecule has 2 aromatic heterocycles. The number of hydrogen-bond acceptors (Lipinski definition) is 3. The van der Waals surface area contributed by atoms with Gasteiger partial charge in [0.1, 0.15) is 12.4 Å². The Morgan fingerprint density at radius 1 is 1.41 bits per heavy atom. The van der Waals surface area contributed by atoms with E-state index in [1.807, 2.05) is 23.8 Å². The average Bonchev–Trinajstić information content (AvgIpc) is 2.86. The second-order valence-corrected chi connectivity index (χ2v) is 12.6. The van der Waals surface area contributed by atoms with Crippen LogP contribution in [-0.2, 0) is 11.5 Å². The van der Waals surface area contributed by atoms with Gasteiger partial charge in [-0.15, -0.1) is 0 Å². The van der Waals surface area contributed by atoms with Gasteiger partial charge in [0.05, 0.1) is 10.6 Å². The van der Waals surface area contributed by atoms with E-state index in [0.717, 1.165) is 23.7 Å². The summed E-state index contributed by atoms with van der Waals surface area (Å²) >= 11 is 6.34. The fourth-order valence-corrected chi connectivity index (χ4v) is 3.20. The van der Waals surface area contributed by atoms with Crippen molar-refractivity contribution in [3.63, 3.8) is 0 Å². The van der Waals surface area contributed by atoms with Gasteiger partial charge in [-0.3, -0.25) is 4.79 Å². The van der Waals surface area contributed by atoms with Crippen molar-refractivity contribution in [1.29, 1.82) is 0 Å². The van der Waals surface area contributed by atoms with Crippen LogP contribution in [0.2, 0.25) is 30.7 Å². The summed E-state index contributed by atoms with van der Waals surface area (Å²) in [6, 6.07) is 3.02. The number of fused-ring (bicyclic) bond motifs is 1. The van der Waals surface area contributed by atoms with Crippen molar-refractivity contribution in [3.8, 4) is 0 Å². The SMILES string of the molecule is CCC(=O)c1cnc2c(ccn2COCC[Si](C)(C)C)c1Cl. The summed E-state index contributed by atoms with van der Waals surface area (Å²) in [4.78, 5) is 16.2. The van der Waals surface area contributed by atoms with Crippen molar-refractivity contribution in [1.82, 2.24) is 9.55 Å². The summed E-state index contributed by atoms with van der Waals surface area (Å²) in [7, 11) is -1.07. The van der Waals surface area contributed by atoms with E-state index >= 15 is 0 Å². The number of ketones is 1. The molecule has 0 aliphatic rings. The molecule has 0 aliphatic heterocycles. The van der Waals surface area contributed by atoms with Crippen molar-refractivity contribution in [2.45, 2.75) is 45.8 Å². The summed E-state index contributed by atoms with van der Waals surface area (Å²) < 4.78 is 7.67. The lowest BCUT2D eigenvalue weighted by molar-refractivity contribution is 0.0899. The Bertz CT molecular complexity index is 677. The van der Waals surface area contributed by atoms with Crippen LogP contribution in [0.4, 0.5) is 0 Å². The van der Waals surface area contributed by atoms with Crippen LogP contribution < -0.4 is 0 Å². The van der Waals surface area contributed by atoms with Crippen LogP contribution >= 0.6 is 11.6 Å². The molecule has 0 amide bonds. The Labute approximate surface area is 137 Å². The van der Waals surface area contributed by atoms with E-state index in [9.17, 15) is 4.79 Å². The second kappa shape index (κ2) is 6.94. The molecule has 2 rings (SSSR count). The van der Waals surface area contributed by atoms with Gasteiger partial charge in [0.15, 0.2) is 5.78 Å². The first-order chi connectivity index (χ1) is 10.3. The summed E-state index contributed by atoms with van der Waals surface area (Å²) in [5.41, 5.74) is 1.25. The zero-order chi connectivity index (χ0) is 16.3. The van der Waals surface area contributed by atoms with Gasteiger partial charge in [-0.2, -0.15) is 0 Å². The third-order valence-corrected chi connectivity index (χ3v) is 5.68. The fourth-order valence-electron chi connectivity index (χ4n) is 2.14. The molecule has 0 aliphatic carbocycles. The molecule has 0 saturated heterocycles. The van der Waals surface area contributed by atoms with E-state index in [0.29, 0.717) is 23.7 Å². The predicted octanol–water partition coefficient (Wildman–Crippen LogP) is 4.59. The first-order valence-corrected chi connectivity index (χ1v) is 11.7. The highest BCUT2D eigenvalue weighted by Gasteiger charge is 2.15. The van der Waals surface area contributed by atoms with E-state index < -0.39 is 8.07 Å². The van der Waals surface area contributed by atoms with Gasteiger partial charge >= 0.3 is 0 Å². The highest BCUT2D eigenvalue weighted by molar-refractivity contribution is 6.76. The molecule has 2 heterocycles. The maximum Gasteiger partial charge on any atom is 0.165 e. The number of halogens is 1. The molecule has 120 valence electrons. The van der Waals surface area contributed by atoms with E-state index in [1.165, 1.54) is 0 Å². The Morgan fingerprint density at radius 3 is 2.77 bits per heavy atom. The number of hydrogen-bond donors (Lipinski definition) is 0. The molecule has 0 saturated carbocycles. The van der Waals surface area contributed by atoms with Gasteiger partial charge in [-0.05, 0) is 12.1 Å². The molecule has 4 nitrogen and oxygen atoms in total. The molecule has 0 aromatic carbocycles. The fraction of sp³-hybridized carbons (Fsp3) is 0.500. The number of nitrogens with zero attached hydrogens (tertiary/aromatic N) is 2. The van der Waals surface area contributed by atoms with Gasteiger partial charge in [0.2, 0.25) is 0 Å². The van der Waals surface area contributed by atoms with Gasteiger partial charge in [0, 0.05) is 38.9 Å². The maximum atomic E-state index is 11.8. The zero-order valence-corrected chi connectivity index (χ0v) is 15.4. The molecular weight excluding hydrogens is 316 g/mol. The Morgan fingerprint density at radius 2 is 2.14 bits per heavy atom. The average molecular weight is 339 g/mol. The minimum Gasteiger partial charge on any atom is -0.361 e. The zero-order valence-electron chi connectivity index (χ0n) is 13.6. The first-order valence-electron chi connectivity index (χ1n) is 7.58. The standard InChI is InChI=1S/C16H23ClN2O2Si/c1-5-14(20)13-10-18-16-12(15(13)17)6-7-19(16)11-21-8-9-22(2,3)4/h6-7,10H,5,8-9,11H2,1-4H3. The van der Waals surface area contributed by atoms with Crippen molar-refractivity contribution < 1.29 is 9.53 Å². The number of carbonyl (C=O) groups excluding carboxylic acids is 1. The molecule has 0 unspecified atom stereocenters. The van der Waals surface area contributed by atoms with Crippen molar-refractivity contribution in [2.24, 2.45) is 0 Å². The predicted molar refractivity (Wildman–Crippen MR) is 93.5 cm³/mol. The number of Topliss-reactive ketones (excluding diaryl/α,β-unsaturated/α-hetero) is 1. The summed E-state index contributed by atoms with van der Waals surface area (Å²) in [5.74, 6) is 0.0125. The third-order valence-electron chi connectivity index (χ3n) is 3.57. The number of aromatic nitrogens is 2. The lowest BCUT2D eigenvalue weighted by atomic mass is 10.1. The largest absolute Gasteiger partial charge is 0.361 e. The van der Waals surface area contributed by atoms with Crippen LogP contribution in [0.3, 0.4) is 0 Å². The molecule has 2 aromatic rings. The number of pyridine rings is 1. The van der Waals surface area contributed by atoms with Crippen molar-refractivity contribution >= 4 is 36.5 Å². The molecule has 22 heavy (non-hydrogen) atoms. The van der Waals surface area contributed by atoms with Gasteiger partial charge < -0.3 is 9.30 Å². The van der Waals surface area contributed by atoms with Crippen LogP contribution in [-0.4, -0.2) is 30.0 Å². The van der Waals surface area contributed by atoms with Crippen molar-refractivity contribution in [2.75, 3.05) is 6.61 Å². The topological polar surface area (TPSA) is 44.1 Å². The van der Waals surface area contributed by atoms with Crippen LogP contribution in [0.25, 0.3) is 11.0 Å². The van der Waals surface area contributed by atoms with Gasteiger partial charge in [-0.1, -0.05) is 38.2 Å². The van der Waals surface area contributed by atoms with E-state index in [4.69, 9.17) is 16.3 Å². The summed E-state index contributed by atoms with van der Waals surface area (Å²) in [5, 5.41) is 1.28. The van der Waals surface area contributed by atoms with Crippen molar-refractivity contribution in [3.05, 3.63) is 29.0 Å². The number of ether oxygens (including phenoxy) is 1.